The molecule has 1 N–H and O–H groups in total. The smallest absolute Gasteiger partial charge is 0.324 e. The Labute approximate surface area is 158 Å². The summed E-state index contributed by atoms with van der Waals surface area (Å²) in [6, 6.07) is 10.1. The van der Waals surface area contributed by atoms with Crippen LogP contribution in [0.1, 0.15) is 25.5 Å². The molecule has 146 valence electrons. The number of hydrogen-bond donors (Lipinski definition) is 1. The van der Waals surface area contributed by atoms with Gasteiger partial charge in [0.2, 0.25) is 5.91 Å². The van der Waals surface area contributed by atoms with Crippen LogP contribution < -0.4 is 10.9 Å². The molecule has 0 saturated carbocycles. The Hall–Kier alpha value is -3.16. The maximum absolute atomic E-state index is 12.8. The fourth-order valence-corrected chi connectivity index (χ4v) is 2.99. The van der Waals surface area contributed by atoms with Crippen molar-refractivity contribution in [2.24, 2.45) is 5.92 Å². The molecule has 1 amide bonds. The van der Waals surface area contributed by atoms with Crippen LogP contribution in [0, 0.1) is 5.92 Å². The minimum absolute atomic E-state index is 0.213. The highest BCUT2D eigenvalue weighted by molar-refractivity contribution is 5.94. The van der Waals surface area contributed by atoms with Gasteiger partial charge in [-0.2, -0.15) is 13.2 Å². The molecule has 2 aromatic carbocycles. The van der Waals surface area contributed by atoms with Gasteiger partial charge >= 0.3 is 6.18 Å². The Bertz CT molecular complexity index is 1060. The summed E-state index contributed by atoms with van der Waals surface area (Å²) in [6.45, 7) is 3.55. The second-order valence-electron chi connectivity index (χ2n) is 6.73. The molecule has 0 radical (unpaired) electrons. The van der Waals surface area contributed by atoms with Crippen LogP contribution in [-0.4, -0.2) is 15.5 Å². The SMILES string of the molecule is CC(C)C(C(=O)Nc1ccc(C(F)(F)F)cc1)n1cnc2ccccc2c1=O. The Kier molecular flexibility index (Phi) is 5.22. The molecule has 0 fully saturated rings. The summed E-state index contributed by atoms with van der Waals surface area (Å²) in [5.41, 5.74) is -0.424. The third-order valence-electron chi connectivity index (χ3n) is 4.37. The van der Waals surface area contributed by atoms with Gasteiger partial charge in [0.05, 0.1) is 22.8 Å². The third-order valence-corrected chi connectivity index (χ3v) is 4.37. The number of nitrogens with one attached hydrogen (secondary N) is 1. The number of fused-ring (bicyclic) bond motifs is 1. The number of para-hydroxylation sites is 1. The largest absolute Gasteiger partial charge is 0.416 e. The first-order chi connectivity index (χ1) is 13.2. The van der Waals surface area contributed by atoms with Crippen molar-refractivity contribution in [3.8, 4) is 0 Å². The number of rotatable bonds is 4. The van der Waals surface area contributed by atoms with Crippen molar-refractivity contribution in [1.29, 1.82) is 0 Å². The third kappa shape index (κ3) is 3.90. The summed E-state index contributed by atoms with van der Waals surface area (Å²) < 4.78 is 39.3. The number of alkyl halides is 3. The number of benzene rings is 2. The summed E-state index contributed by atoms with van der Waals surface area (Å²) >= 11 is 0. The second-order valence-corrected chi connectivity index (χ2v) is 6.73. The van der Waals surface area contributed by atoms with Gasteiger partial charge in [-0.3, -0.25) is 14.2 Å². The van der Waals surface area contributed by atoms with Crippen molar-refractivity contribution in [2.45, 2.75) is 26.1 Å². The number of anilines is 1. The van der Waals surface area contributed by atoms with Gasteiger partial charge in [-0.1, -0.05) is 26.0 Å². The van der Waals surface area contributed by atoms with Crippen LogP contribution in [0.15, 0.2) is 59.7 Å². The van der Waals surface area contributed by atoms with Gasteiger partial charge in [0.15, 0.2) is 0 Å². The summed E-state index contributed by atoms with van der Waals surface area (Å²) in [7, 11) is 0. The highest BCUT2D eigenvalue weighted by Gasteiger charge is 2.30. The molecule has 1 atom stereocenters. The van der Waals surface area contributed by atoms with Crippen molar-refractivity contribution in [1.82, 2.24) is 9.55 Å². The van der Waals surface area contributed by atoms with Crippen molar-refractivity contribution in [3.05, 3.63) is 70.8 Å². The number of amides is 1. The Morgan fingerprint density at radius 1 is 1.07 bits per heavy atom. The van der Waals surface area contributed by atoms with Crippen molar-refractivity contribution < 1.29 is 18.0 Å². The Morgan fingerprint density at radius 3 is 2.32 bits per heavy atom. The lowest BCUT2D eigenvalue weighted by Gasteiger charge is -2.22. The first-order valence-electron chi connectivity index (χ1n) is 8.62. The van der Waals surface area contributed by atoms with Gasteiger partial charge in [-0.15, -0.1) is 0 Å². The summed E-state index contributed by atoms with van der Waals surface area (Å²) in [6.07, 6.45) is -3.13. The van der Waals surface area contributed by atoms with E-state index in [0.29, 0.717) is 10.9 Å². The molecule has 3 aromatic rings. The van der Waals surface area contributed by atoms with E-state index in [4.69, 9.17) is 0 Å². The molecular weight excluding hydrogens is 371 g/mol. The van der Waals surface area contributed by atoms with E-state index >= 15 is 0 Å². The minimum atomic E-state index is -4.45. The van der Waals surface area contributed by atoms with E-state index in [9.17, 15) is 22.8 Å². The summed E-state index contributed by atoms with van der Waals surface area (Å²) in [5.74, 6) is -0.760. The first kappa shape index (κ1) is 19.6. The van der Waals surface area contributed by atoms with Crippen LogP contribution in [0.2, 0.25) is 0 Å². The van der Waals surface area contributed by atoms with Crippen molar-refractivity contribution >= 4 is 22.5 Å². The van der Waals surface area contributed by atoms with E-state index in [1.807, 2.05) is 0 Å². The fourth-order valence-electron chi connectivity index (χ4n) is 2.99. The zero-order chi connectivity index (χ0) is 20.5. The molecular formula is C20H18F3N3O2. The van der Waals surface area contributed by atoms with E-state index in [2.05, 4.69) is 10.3 Å². The molecule has 0 aliphatic rings. The molecule has 5 nitrogen and oxygen atoms in total. The minimum Gasteiger partial charge on any atom is -0.324 e. The van der Waals surface area contributed by atoms with Crippen LogP contribution >= 0.6 is 0 Å². The molecule has 0 saturated heterocycles. The highest BCUT2D eigenvalue weighted by Crippen LogP contribution is 2.30. The van der Waals surface area contributed by atoms with Gasteiger partial charge in [-0.05, 0) is 42.3 Å². The van der Waals surface area contributed by atoms with Gasteiger partial charge < -0.3 is 5.32 Å². The van der Waals surface area contributed by atoms with Crippen LogP contribution in [0.25, 0.3) is 10.9 Å². The normalized spacial score (nSPS) is 12.9. The molecule has 3 rings (SSSR count). The quantitative estimate of drug-likeness (QED) is 0.726. The maximum atomic E-state index is 12.8. The molecule has 0 bridgehead atoms. The Morgan fingerprint density at radius 2 is 1.71 bits per heavy atom. The summed E-state index contributed by atoms with van der Waals surface area (Å²) in [5, 5.41) is 2.97. The van der Waals surface area contributed by atoms with Gasteiger partial charge in [0.1, 0.15) is 6.04 Å². The molecule has 0 spiro atoms. The van der Waals surface area contributed by atoms with Gasteiger partial charge in [0.25, 0.3) is 5.56 Å². The fraction of sp³-hybridized carbons (Fsp3) is 0.250. The van der Waals surface area contributed by atoms with Crippen LogP contribution in [0.3, 0.4) is 0 Å². The zero-order valence-electron chi connectivity index (χ0n) is 15.2. The van der Waals surface area contributed by atoms with Crippen LogP contribution in [0.5, 0.6) is 0 Å². The number of hydrogen-bond acceptors (Lipinski definition) is 3. The number of nitrogens with zero attached hydrogens (tertiary/aromatic N) is 2. The lowest BCUT2D eigenvalue weighted by molar-refractivity contribution is -0.137. The van der Waals surface area contributed by atoms with E-state index in [0.717, 1.165) is 12.1 Å². The highest BCUT2D eigenvalue weighted by atomic mass is 19.4. The average Bonchev–Trinajstić information content (AvgIpc) is 2.63. The zero-order valence-corrected chi connectivity index (χ0v) is 15.2. The molecule has 8 heteroatoms. The topological polar surface area (TPSA) is 64.0 Å². The average molecular weight is 389 g/mol. The number of carbonyl (C=O) groups is 1. The van der Waals surface area contributed by atoms with Gasteiger partial charge in [-0.25, -0.2) is 4.98 Å². The van der Waals surface area contributed by atoms with E-state index < -0.39 is 23.7 Å². The predicted octanol–water partition coefficient (Wildman–Crippen LogP) is 4.25. The lowest BCUT2D eigenvalue weighted by Crippen LogP contribution is -2.36. The predicted molar refractivity (Wildman–Crippen MR) is 100.0 cm³/mol. The lowest BCUT2D eigenvalue weighted by atomic mass is 10.0. The Balaban J connectivity index is 1.92. The standard InChI is InChI=1S/C20H18F3N3O2/c1-12(2)17(26-11-24-16-6-4-3-5-15(16)19(26)28)18(27)25-14-9-7-13(8-10-14)20(21,22)23/h3-12,17H,1-2H3,(H,25,27). The number of aromatic nitrogens is 2. The van der Waals surface area contributed by atoms with Crippen LogP contribution in [0.4, 0.5) is 18.9 Å². The molecule has 28 heavy (non-hydrogen) atoms. The molecule has 0 aliphatic heterocycles. The monoisotopic (exact) mass is 389 g/mol. The molecule has 1 aromatic heterocycles. The molecule has 1 heterocycles. The number of carbonyl (C=O) groups excluding carboxylic acids is 1. The first-order valence-corrected chi connectivity index (χ1v) is 8.62. The van der Waals surface area contributed by atoms with Gasteiger partial charge in [0, 0.05) is 5.69 Å². The molecule has 1 unspecified atom stereocenters. The van der Waals surface area contributed by atoms with E-state index in [1.165, 1.54) is 23.0 Å². The van der Waals surface area contributed by atoms with Crippen molar-refractivity contribution in [2.75, 3.05) is 5.32 Å². The second kappa shape index (κ2) is 7.46. The summed E-state index contributed by atoms with van der Waals surface area (Å²) in [4.78, 5) is 29.8. The van der Waals surface area contributed by atoms with E-state index in [1.54, 1.807) is 38.1 Å². The number of halogens is 3. The van der Waals surface area contributed by atoms with Crippen LogP contribution in [-0.2, 0) is 11.0 Å². The van der Waals surface area contributed by atoms with E-state index in [-0.39, 0.29) is 17.2 Å². The maximum Gasteiger partial charge on any atom is 0.416 e. The van der Waals surface area contributed by atoms with Crippen molar-refractivity contribution in [3.63, 3.8) is 0 Å². The molecule has 0 aliphatic carbocycles.